The van der Waals surface area contributed by atoms with Gasteiger partial charge in [0.25, 0.3) is 0 Å². The Labute approximate surface area is 218 Å². The van der Waals surface area contributed by atoms with Crippen LogP contribution in [0.25, 0.3) is 32.5 Å². The summed E-state index contributed by atoms with van der Waals surface area (Å²) in [5.74, 6) is 0.854. The molecule has 0 aliphatic rings. The third-order valence-electron chi connectivity index (χ3n) is 5.72. The van der Waals surface area contributed by atoms with Gasteiger partial charge in [-0.25, -0.2) is 9.78 Å². The molecule has 3 aromatic heterocycles. The predicted molar refractivity (Wildman–Crippen MR) is 146 cm³/mol. The summed E-state index contributed by atoms with van der Waals surface area (Å²) < 4.78 is 16.9. The van der Waals surface area contributed by atoms with Crippen molar-refractivity contribution in [3.63, 3.8) is 0 Å². The number of amides is 1. The molecule has 1 aromatic carbocycles. The Bertz CT molecular complexity index is 1410. The van der Waals surface area contributed by atoms with Crippen molar-refractivity contribution in [3.05, 3.63) is 35.9 Å². The lowest BCUT2D eigenvalue weighted by atomic mass is 10.0. The Morgan fingerprint density at radius 3 is 2.76 bits per heavy atom. The van der Waals surface area contributed by atoms with Gasteiger partial charge in [-0.3, -0.25) is 0 Å². The number of benzene rings is 1. The lowest BCUT2D eigenvalue weighted by molar-refractivity contribution is 0.128. The molecule has 0 bridgehead atoms. The highest BCUT2D eigenvalue weighted by atomic mass is 32.1. The highest BCUT2D eigenvalue weighted by Gasteiger charge is 2.25. The number of fused-ring (bicyclic) bond motifs is 2. The second-order valence-electron chi connectivity index (χ2n) is 8.78. The van der Waals surface area contributed by atoms with E-state index in [1.807, 2.05) is 30.3 Å². The lowest BCUT2D eigenvalue weighted by Gasteiger charge is -2.12. The fraction of sp³-hybridized carbons (Fsp3) is 0.346. The molecule has 0 atom stereocenters. The number of hydrogen-bond acceptors (Lipinski definition) is 10. The van der Waals surface area contributed by atoms with E-state index in [0.29, 0.717) is 46.1 Å². The number of hydrogen-bond donors (Lipinski definition) is 3. The monoisotopic (exact) mass is 522 g/mol. The molecule has 11 heteroatoms. The zero-order valence-electron chi connectivity index (χ0n) is 20.9. The number of primary amides is 1. The van der Waals surface area contributed by atoms with E-state index in [1.165, 1.54) is 0 Å². The number of nitrogens with zero attached hydrogens (tertiary/aromatic N) is 3. The van der Waals surface area contributed by atoms with Crippen LogP contribution in [-0.2, 0) is 4.74 Å². The van der Waals surface area contributed by atoms with Crippen molar-refractivity contribution < 1.29 is 18.7 Å². The minimum atomic E-state index is -0.982. The van der Waals surface area contributed by atoms with Gasteiger partial charge < -0.3 is 35.6 Å². The largest absolute Gasteiger partial charge is 0.456 e. The molecule has 3 heterocycles. The molecule has 0 saturated carbocycles. The molecule has 1 amide bonds. The molecule has 0 fully saturated rings. The van der Waals surface area contributed by atoms with E-state index >= 15 is 0 Å². The maximum Gasteiger partial charge on any atom is 0.410 e. The zero-order chi connectivity index (χ0) is 26.4. The van der Waals surface area contributed by atoms with Gasteiger partial charge in [-0.05, 0) is 52.0 Å². The second-order valence-corrected chi connectivity index (χ2v) is 9.74. The maximum absolute atomic E-state index is 11.4. The molecule has 0 aliphatic carbocycles. The number of pyridine rings is 1. The molecule has 0 radical (unpaired) electrons. The van der Waals surface area contributed by atoms with Crippen molar-refractivity contribution in [2.24, 2.45) is 5.73 Å². The Morgan fingerprint density at radius 2 is 2.03 bits per heavy atom. The van der Waals surface area contributed by atoms with E-state index in [-0.39, 0.29) is 16.3 Å². The van der Waals surface area contributed by atoms with Gasteiger partial charge in [0.15, 0.2) is 0 Å². The number of nitriles is 1. The minimum absolute atomic E-state index is 0.121. The van der Waals surface area contributed by atoms with Crippen molar-refractivity contribution in [2.75, 3.05) is 51.4 Å². The third-order valence-corrected chi connectivity index (χ3v) is 6.70. The molecule has 194 valence electrons. The lowest BCUT2D eigenvalue weighted by Crippen LogP contribution is -2.16. The first-order chi connectivity index (χ1) is 17.9. The fourth-order valence-electron chi connectivity index (χ4n) is 4.00. The number of ether oxygens (including phenoxy) is 2. The number of aromatic nitrogens is 1. The van der Waals surface area contributed by atoms with Crippen LogP contribution in [0.1, 0.15) is 24.8 Å². The Hall–Kier alpha value is -3.85. The van der Waals surface area contributed by atoms with Crippen LogP contribution in [-0.4, -0.2) is 56.4 Å². The summed E-state index contributed by atoms with van der Waals surface area (Å²) in [6.07, 6.45) is 1.86. The highest BCUT2D eigenvalue weighted by molar-refractivity contribution is 7.21. The number of carbonyl (C=O) groups excluding carboxylic acids is 1. The summed E-state index contributed by atoms with van der Waals surface area (Å²) in [5, 5.41) is 14.9. The van der Waals surface area contributed by atoms with E-state index in [0.717, 1.165) is 49.1 Å². The smallest absolute Gasteiger partial charge is 0.410 e. The second kappa shape index (κ2) is 11.9. The van der Waals surface area contributed by atoms with E-state index in [4.69, 9.17) is 25.4 Å². The quantitative estimate of drug-likeness (QED) is 0.223. The summed E-state index contributed by atoms with van der Waals surface area (Å²) in [7, 11) is 4.12. The van der Waals surface area contributed by atoms with Crippen LogP contribution >= 0.6 is 11.3 Å². The number of carbonyl (C=O) groups is 1. The van der Waals surface area contributed by atoms with Gasteiger partial charge in [0.1, 0.15) is 33.6 Å². The van der Waals surface area contributed by atoms with Crippen LogP contribution in [0.2, 0.25) is 0 Å². The molecule has 10 nitrogen and oxygen atoms in total. The first-order valence-corrected chi connectivity index (χ1v) is 12.8. The van der Waals surface area contributed by atoms with Crippen LogP contribution < -0.4 is 21.5 Å². The van der Waals surface area contributed by atoms with E-state index in [2.05, 4.69) is 35.4 Å². The maximum atomic E-state index is 11.4. The van der Waals surface area contributed by atoms with Gasteiger partial charge in [-0.1, -0.05) is 29.5 Å². The Morgan fingerprint density at radius 1 is 1.24 bits per heavy atom. The topological polar surface area (TPSA) is 153 Å². The standard InChI is InChI=1S/C26H30N6O4S/c1-32(2)11-5-6-12-34-13-7-10-30-23-17(15-27)20(19-14-16-8-3-4-9-18(16)35-19)21-22(28)25(36-26(29)33)37-24(21)31-23/h3-4,8-9,14H,5-7,10-13,28H2,1-2H3,(H2,29,33)(H,30,31). The molecule has 0 unspecified atom stereocenters. The van der Waals surface area contributed by atoms with Gasteiger partial charge >= 0.3 is 6.09 Å². The highest BCUT2D eigenvalue weighted by Crippen LogP contribution is 2.47. The van der Waals surface area contributed by atoms with Crippen molar-refractivity contribution in [3.8, 4) is 22.5 Å². The van der Waals surface area contributed by atoms with Gasteiger partial charge in [-0.15, -0.1) is 0 Å². The van der Waals surface area contributed by atoms with Gasteiger partial charge in [-0.2, -0.15) is 5.26 Å². The number of furan rings is 1. The minimum Gasteiger partial charge on any atom is -0.456 e. The molecule has 4 aromatic rings. The first-order valence-electron chi connectivity index (χ1n) is 12.0. The van der Waals surface area contributed by atoms with Crippen LogP contribution in [0.5, 0.6) is 5.06 Å². The first kappa shape index (κ1) is 26.2. The molecular weight excluding hydrogens is 492 g/mol. The van der Waals surface area contributed by atoms with Crippen LogP contribution in [0.3, 0.4) is 0 Å². The number of nitrogens with two attached hydrogens (primary N) is 2. The summed E-state index contributed by atoms with van der Waals surface area (Å²) in [6.45, 7) is 2.91. The third kappa shape index (κ3) is 6.11. The van der Waals surface area contributed by atoms with Crippen molar-refractivity contribution in [1.29, 1.82) is 5.26 Å². The number of anilines is 2. The number of unbranched alkanes of at least 4 members (excludes halogenated alkanes) is 1. The summed E-state index contributed by atoms with van der Waals surface area (Å²) in [6, 6.07) is 11.7. The molecule has 5 N–H and O–H groups in total. The zero-order valence-corrected chi connectivity index (χ0v) is 21.7. The number of nitrogen functional groups attached to an aromatic ring is 1. The fourth-order valence-corrected chi connectivity index (χ4v) is 4.97. The Balaban J connectivity index is 1.60. The summed E-state index contributed by atoms with van der Waals surface area (Å²) in [5.41, 5.74) is 13.2. The molecule has 0 spiro atoms. The van der Waals surface area contributed by atoms with Gasteiger partial charge in [0.2, 0.25) is 5.06 Å². The molecule has 0 saturated heterocycles. The van der Waals surface area contributed by atoms with Gasteiger partial charge in [0.05, 0.1) is 16.6 Å². The number of nitrogens with one attached hydrogen (secondary N) is 1. The van der Waals surface area contributed by atoms with Crippen molar-refractivity contribution in [2.45, 2.75) is 19.3 Å². The summed E-state index contributed by atoms with van der Waals surface area (Å²) >= 11 is 1.08. The van der Waals surface area contributed by atoms with Gasteiger partial charge in [0, 0.05) is 25.1 Å². The van der Waals surface area contributed by atoms with E-state index in [1.54, 1.807) is 0 Å². The molecule has 37 heavy (non-hydrogen) atoms. The van der Waals surface area contributed by atoms with Crippen LogP contribution in [0, 0.1) is 11.3 Å². The molecule has 4 rings (SSSR count). The Kier molecular flexibility index (Phi) is 8.45. The molecular formula is C26H30N6O4S. The van der Waals surface area contributed by atoms with Crippen molar-refractivity contribution >= 4 is 50.1 Å². The number of para-hydroxylation sites is 1. The number of thiophene rings is 1. The van der Waals surface area contributed by atoms with E-state index < -0.39 is 6.09 Å². The van der Waals surface area contributed by atoms with Crippen LogP contribution in [0.4, 0.5) is 16.3 Å². The number of rotatable bonds is 12. The normalized spacial score (nSPS) is 11.3. The molecule has 0 aliphatic heterocycles. The SMILES string of the molecule is CN(C)CCCCOCCCNc1nc2sc(OC(N)=O)c(N)c2c(-c2cc3ccccc3o2)c1C#N. The average molecular weight is 523 g/mol. The van der Waals surface area contributed by atoms with E-state index in [9.17, 15) is 10.1 Å². The predicted octanol–water partition coefficient (Wildman–Crippen LogP) is 4.78. The van der Waals surface area contributed by atoms with Crippen molar-refractivity contribution in [1.82, 2.24) is 9.88 Å². The average Bonchev–Trinajstić information content (AvgIpc) is 3.42. The van der Waals surface area contributed by atoms with Crippen LogP contribution in [0.15, 0.2) is 34.7 Å². The summed E-state index contributed by atoms with van der Waals surface area (Å²) in [4.78, 5) is 18.7.